The second kappa shape index (κ2) is 7.05. The summed E-state index contributed by atoms with van der Waals surface area (Å²) < 4.78 is 27.4. The molecule has 1 aliphatic carbocycles. The van der Waals surface area contributed by atoms with E-state index in [1.807, 2.05) is 6.92 Å². The quantitative estimate of drug-likeness (QED) is 0.840. The van der Waals surface area contributed by atoms with Crippen molar-refractivity contribution in [1.82, 2.24) is 10.2 Å². The van der Waals surface area contributed by atoms with E-state index in [2.05, 4.69) is 11.4 Å². The van der Waals surface area contributed by atoms with Gasteiger partial charge in [0.25, 0.3) is 0 Å². The summed E-state index contributed by atoms with van der Waals surface area (Å²) in [5, 5.41) is 12.0. The molecule has 1 saturated carbocycles. The minimum absolute atomic E-state index is 0.00569. The highest BCUT2D eigenvalue weighted by molar-refractivity contribution is 5.79. The fourth-order valence-electron chi connectivity index (χ4n) is 2.60. The Bertz CT molecular complexity index is 605. The van der Waals surface area contributed by atoms with Crippen LogP contribution in [0.4, 0.5) is 8.78 Å². The van der Waals surface area contributed by atoms with Crippen molar-refractivity contribution in [3.63, 3.8) is 0 Å². The number of hydrogen-bond acceptors (Lipinski definition) is 3. The molecule has 0 saturated heterocycles. The average Bonchev–Trinajstić information content (AvgIpc) is 3.35. The Morgan fingerprint density at radius 1 is 1.43 bits per heavy atom. The molecule has 0 spiro atoms. The fraction of sp³-hybridized carbons (Fsp3) is 0.529. The molecule has 1 atom stereocenters. The van der Waals surface area contributed by atoms with Crippen molar-refractivity contribution in [1.29, 1.82) is 5.26 Å². The lowest BCUT2D eigenvalue weighted by atomic mass is 9.98. The van der Waals surface area contributed by atoms with Crippen LogP contribution < -0.4 is 5.32 Å². The Morgan fingerprint density at radius 3 is 2.52 bits per heavy atom. The minimum Gasteiger partial charge on any atom is -0.337 e. The number of rotatable bonds is 7. The van der Waals surface area contributed by atoms with Crippen molar-refractivity contribution in [2.24, 2.45) is 5.92 Å². The highest BCUT2D eigenvalue weighted by Gasteiger charge is 2.43. The van der Waals surface area contributed by atoms with E-state index in [-0.39, 0.29) is 30.5 Å². The van der Waals surface area contributed by atoms with E-state index in [0.29, 0.717) is 6.54 Å². The van der Waals surface area contributed by atoms with Gasteiger partial charge >= 0.3 is 0 Å². The number of hydrogen-bond donors (Lipinski definition) is 1. The molecule has 0 aliphatic heterocycles. The third kappa shape index (κ3) is 4.26. The lowest BCUT2D eigenvalue weighted by Crippen LogP contribution is -2.50. The smallest absolute Gasteiger partial charge is 0.235 e. The molecule has 0 heterocycles. The van der Waals surface area contributed by atoms with Crippen LogP contribution in [0, 0.1) is 28.9 Å². The van der Waals surface area contributed by atoms with E-state index in [1.54, 1.807) is 11.8 Å². The first-order valence-electron chi connectivity index (χ1n) is 7.77. The largest absolute Gasteiger partial charge is 0.337 e. The first-order chi connectivity index (χ1) is 10.9. The third-order valence-corrected chi connectivity index (χ3v) is 4.28. The molecule has 0 radical (unpaired) electrons. The molecular formula is C17H21F2N3O. The molecule has 1 aromatic rings. The van der Waals surface area contributed by atoms with E-state index in [0.717, 1.165) is 12.8 Å². The third-order valence-electron chi connectivity index (χ3n) is 4.28. The van der Waals surface area contributed by atoms with E-state index >= 15 is 0 Å². The molecule has 6 heteroatoms. The fourth-order valence-corrected chi connectivity index (χ4v) is 2.60. The SMILES string of the molecule is CCN(CC(=O)NC(C)(C#N)C1CC1)Cc1c(F)cccc1F. The molecule has 2 rings (SSSR count). The summed E-state index contributed by atoms with van der Waals surface area (Å²) in [7, 11) is 0. The van der Waals surface area contributed by atoms with Gasteiger partial charge in [0.15, 0.2) is 0 Å². The number of carbonyl (C=O) groups is 1. The molecule has 1 unspecified atom stereocenters. The van der Waals surface area contributed by atoms with E-state index in [1.165, 1.54) is 18.2 Å². The van der Waals surface area contributed by atoms with Gasteiger partial charge in [0, 0.05) is 12.1 Å². The summed E-state index contributed by atoms with van der Waals surface area (Å²) in [4.78, 5) is 13.8. The van der Waals surface area contributed by atoms with Gasteiger partial charge in [0.1, 0.15) is 17.2 Å². The van der Waals surface area contributed by atoms with Crippen molar-refractivity contribution >= 4 is 5.91 Å². The number of nitriles is 1. The first kappa shape index (κ1) is 17.4. The average molecular weight is 321 g/mol. The molecule has 1 aliphatic rings. The molecule has 1 amide bonds. The minimum atomic E-state index is -0.861. The summed E-state index contributed by atoms with van der Waals surface area (Å²) in [6, 6.07) is 5.87. The number of nitrogens with one attached hydrogen (secondary N) is 1. The maximum atomic E-state index is 13.7. The van der Waals surface area contributed by atoms with Crippen molar-refractivity contribution in [3.05, 3.63) is 35.4 Å². The standard InChI is InChI=1S/C17H21F2N3O/c1-3-22(9-13-14(18)5-4-6-15(13)19)10-16(23)21-17(2,11-20)12-7-8-12/h4-6,12H,3,7-10H2,1-2H3,(H,21,23). The van der Waals surface area contributed by atoms with Gasteiger partial charge < -0.3 is 5.32 Å². The monoisotopic (exact) mass is 321 g/mol. The molecule has 4 nitrogen and oxygen atoms in total. The van der Waals surface area contributed by atoms with Crippen LogP contribution in [0.5, 0.6) is 0 Å². The molecular weight excluding hydrogens is 300 g/mol. The number of likely N-dealkylation sites (N-methyl/N-ethyl adjacent to an activating group) is 1. The zero-order valence-corrected chi connectivity index (χ0v) is 13.4. The number of nitrogens with zero attached hydrogens (tertiary/aromatic N) is 2. The van der Waals surface area contributed by atoms with Crippen molar-refractivity contribution in [2.45, 2.75) is 38.8 Å². The summed E-state index contributed by atoms with van der Waals surface area (Å²) in [6.45, 7) is 4.00. The van der Waals surface area contributed by atoms with Gasteiger partial charge in [0.2, 0.25) is 5.91 Å². The predicted octanol–water partition coefficient (Wildman–Crippen LogP) is 2.60. The van der Waals surface area contributed by atoms with E-state index < -0.39 is 17.2 Å². The number of carbonyl (C=O) groups excluding carboxylic acids is 1. The van der Waals surface area contributed by atoms with Gasteiger partial charge in [-0.05, 0) is 44.4 Å². The zero-order chi connectivity index (χ0) is 17.0. The van der Waals surface area contributed by atoms with E-state index in [9.17, 15) is 18.8 Å². The number of halogens is 2. The first-order valence-corrected chi connectivity index (χ1v) is 7.77. The Kier molecular flexibility index (Phi) is 5.32. The molecule has 23 heavy (non-hydrogen) atoms. The Balaban J connectivity index is 1.99. The number of amides is 1. The van der Waals surface area contributed by atoms with E-state index in [4.69, 9.17) is 0 Å². The maximum Gasteiger partial charge on any atom is 0.235 e. The van der Waals surface area contributed by atoms with Gasteiger partial charge in [-0.15, -0.1) is 0 Å². The highest BCUT2D eigenvalue weighted by atomic mass is 19.1. The Hall–Kier alpha value is -2.00. The second-order valence-electron chi connectivity index (χ2n) is 6.14. The normalized spacial score (nSPS) is 16.7. The highest BCUT2D eigenvalue weighted by Crippen LogP contribution is 2.39. The van der Waals surface area contributed by atoms with Crippen LogP contribution in [0.2, 0.25) is 0 Å². The predicted molar refractivity (Wildman–Crippen MR) is 82.2 cm³/mol. The Labute approximate surface area is 135 Å². The molecule has 1 fully saturated rings. The van der Waals surface area contributed by atoms with Crippen LogP contribution in [0.3, 0.4) is 0 Å². The van der Waals surface area contributed by atoms with Gasteiger partial charge in [-0.2, -0.15) is 5.26 Å². The van der Waals surface area contributed by atoms with Crippen LogP contribution in [0.15, 0.2) is 18.2 Å². The van der Waals surface area contributed by atoms with Crippen molar-refractivity contribution in [3.8, 4) is 6.07 Å². The molecule has 1 aromatic carbocycles. The lowest BCUT2D eigenvalue weighted by molar-refractivity contribution is -0.123. The van der Waals surface area contributed by atoms with Crippen LogP contribution >= 0.6 is 0 Å². The Morgan fingerprint density at radius 2 is 2.04 bits per heavy atom. The van der Waals surface area contributed by atoms with Crippen LogP contribution in [-0.4, -0.2) is 29.4 Å². The van der Waals surface area contributed by atoms with Crippen LogP contribution in [-0.2, 0) is 11.3 Å². The summed E-state index contributed by atoms with van der Waals surface area (Å²) in [5.41, 5.74) is -0.910. The summed E-state index contributed by atoms with van der Waals surface area (Å²) in [5.74, 6) is -1.36. The second-order valence-corrected chi connectivity index (χ2v) is 6.14. The molecule has 1 N–H and O–H groups in total. The van der Waals surface area contributed by atoms with Crippen LogP contribution in [0.1, 0.15) is 32.3 Å². The summed E-state index contributed by atoms with van der Waals surface area (Å²) >= 11 is 0. The zero-order valence-electron chi connectivity index (χ0n) is 13.4. The lowest BCUT2D eigenvalue weighted by Gasteiger charge is -2.26. The maximum absolute atomic E-state index is 13.7. The summed E-state index contributed by atoms with van der Waals surface area (Å²) in [6.07, 6.45) is 1.87. The molecule has 0 aromatic heterocycles. The molecule has 124 valence electrons. The van der Waals surface area contributed by atoms with Gasteiger partial charge in [-0.1, -0.05) is 13.0 Å². The molecule has 0 bridgehead atoms. The van der Waals surface area contributed by atoms with Gasteiger partial charge in [0.05, 0.1) is 12.6 Å². The van der Waals surface area contributed by atoms with Crippen molar-refractivity contribution < 1.29 is 13.6 Å². The van der Waals surface area contributed by atoms with Gasteiger partial charge in [-0.3, -0.25) is 9.69 Å². The van der Waals surface area contributed by atoms with Crippen LogP contribution in [0.25, 0.3) is 0 Å². The van der Waals surface area contributed by atoms with Gasteiger partial charge in [-0.25, -0.2) is 8.78 Å². The topological polar surface area (TPSA) is 56.1 Å². The van der Waals surface area contributed by atoms with Crippen molar-refractivity contribution in [2.75, 3.05) is 13.1 Å². The number of benzene rings is 1.